The molecule has 0 heterocycles. The van der Waals surface area contributed by atoms with Crippen LogP contribution in [0.3, 0.4) is 0 Å². The molecular weight excluding hydrogens is 358 g/mol. The molecule has 0 bridgehead atoms. The van der Waals surface area contributed by atoms with Gasteiger partial charge in [-0.2, -0.15) is 0 Å². The highest BCUT2D eigenvalue weighted by Gasteiger charge is 2.09. The molecular formula is C7H3BrClIO2. The van der Waals surface area contributed by atoms with Crippen LogP contribution in [0.4, 0.5) is 0 Å². The summed E-state index contributed by atoms with van der Waals surface area (Å²) >= 11 is 11.0. The minimum Gasteiger partial charge on any atom is -0.478 e. The van der Waals surface area contributed by atoms with Crippen LogP contribution < -0.4 is 0 Å². The average Bonchev–Trinajstić information content (AvgIpc) is 1.99. The second-order valence-corrected chi connectivity index (χ2v) is 4.42. The normalized spacial score (nSPS) is 9.92. The van der Waals surface area contributed by atoms with E-state index in [4.69, 9.17) is 16.7 Å². The predicted molar refractivity (Wildman–Crippen MR) is 58.8 cm³/mol. The second-order valence-electron chi connectivity index (χ2n) is 2.06. The number of carboxylic acid groups (broad SMARTS) is 1. The van der Waals surface area contributed by atoms with Crippen molar-refractivity contribution in [2.75, 3.05) is 0 Å². The zero-order valence-electron chi connectivity index (χ0n) is 5.64. The van der Waals surface area contributed by atoms with Crippen LogP contribution in [0.2, 0.25) is 5.02 Å². The van der Waals surface area contributed by atoms with Crippen molar-refractivity contribution in [3.05, 3.63) is 30.8 Å². The summed E-state index contributed by atoms with van der Waals surface area (Å²) in [5, 5.41) is 9.06. The zero-order valence-corrected chi connectivity index (χ0v) is 10.1. The highest BCUT2D eigenvalue weighted by atomic mass is 127. The third-order valence-electron chi connectivity index (χ3n) is 1.23. The standard InChI is InChI=1S/C7H3BrClIO2/c8-6-4(9)1-3(7(11)12)2-5(6)10/h1-2H,(H,11,12). The summed E-state index contributed by atoms with van der Waals surface area (Å²) in [6, 6.07) is 2.97. The van der Waals surface area contributed by atoms with Gasteiger partial charge in [-0.1, -0.05) is 11.6 Å². The Morgan fingerprint density at radius 2 is 2.17 bits per heavy atom. The van der Waals surface area contributed by atoms with Gasteiger partial charge in [0.05, 0.1) is 10.6 Å². The molecule has 2 nitrogen and oxygen atoms in total. The molecule has 0 spiro atoms. The van der Waals surface area contributed by atoms with Gasteiger partial charge in [0, 0.05) is 8.04 Å². The molecule has 1 aromatic rings. The van der Waals surface area contributed by atoms with Crippen molar-refractivity contribution in [1.82, 2.24) is 0 Å². The fraction of sp³-hybridized carbons (Fsp3) is 0. The number of aromatic carboxylic acids is 1. The fourth-order valence-corrected chi connectivity index (χ4v) is 1.91. The Morgan fingerprint density at radius 1 is 1.58 bits per heavy atom. The van der Waals surface area contributed by atoms with Crippen LogP contribution >= 0.6 is 50.1 Å². The van der Waals surface area contributed by atoms with Crippen molar-refractivity contribution in [1.29, 1.82) is 0 Å². The quantitative estimate of drug-likeness (QED) is 0.615. The van der Waals surface area contributed by atoms with Crippen molar-refractivity contribution in [2.24, 2.45) is 0 Å². The van der Waals surface area contributed by atoms with Crippen LogP contribution in [0.5, 0.6) is 0 Å². The van der Waals surface area contributed by atoms with Crippen LogP contribution in [-0.2, 0) is 0 Å². The summed E-state index contributed by atoms with van der Waals surface area (Å²) in [7, 11) is 0. The van der Waals surface area contributed by atoms with Gasteiger partial charge in [0.15, 0.2) is 0 Å². The molecule has 1 aromatic carbocycles. The van der Waals surface area contributed by atoms with E-state index >= 15 is 0 Å². The molecule has 0 aliphatic rings. The number of halogens is 3. The highest BCUT2D eigenvalue weighted by molar-refractivity contribution is 14.1. The molecule has 0 aliphatic heterocycles. The molecule has 0 saturated heterocycles. The molecule has 12 heavy (non-hydrogen) atoms. The van der Waals surface area contributed by atoms with Crippen LogP contribution in [0.15, 0.2) is 16.6 Å². The molecule has 0 fully saturated rings. The van der Waals surface area contributed by atoms with E-state index in [0.717, 1.165) is 8.04 Å². The largest absolute Gasteiger partial charge is 0.478 e. The van der Waals surface area contributed by atoms with Crippen LogP contribution in [0.1, 0.15) is 10.4 Å². The Kier molecular flexibility index (Phi) is 3.37. The first-order chi connectivity index (χ1) is 5.52. The number of hydrogen-bond donors (Lipinski definition) is 1. The van der Waals surface area contributed by atoms with Gasteiger partial charge in [0.25, 0.3) is 0 Å². The molecule has 64 valence electrons. The Hall–Kier alpha value is 0.190. The van der Waals surface area contributed by atoms with Gasteiger partial charge in [-0.25, -0.2) is 4.79 Å². The van der Waals surface area contributed by atoms with Gasteiger partial charge in [-0.3, -0.25) is 0 Å². The maximum absolute atomic E-state index is 10.5. The lowest BCUT2D eigenvalue weighted by Crippen LogP contribution is -1.96. The molecule has 0 saturated carbocycles. The predicted octanol–water partition coefficient (Wildman–Crippen LogP) is 3.41. The third kappa shape index (κ3) is 2.11. The third-order valence-corrected chi connectivity index (χ3v) is 4.20. The smallest absolute Gasteiger partial charge is 0.335 e. The molecule has 1 rings (SSSR count). The van der Waals surface area contributed by atoms with E-state index in [1.807, 2.05) is 22.6 Å². The van der Waals surface area contributed by atoms with E-state index in [1.165, 1.54) is 6.07 Å². The van der Waals surface area contributed by atoms with Crippen molar-refractivity contribution >= 4 is 56.1 Å². The van der Waals surface area contributed by atoms with Crippen molar-refractivity contribution in [2.45, 2.75) is 0 Å². The lowest BCUT2D eigenvalue weighted by atomic mass is 10.2. The number of rotatable bonds is 1. The first kappa shape index (κ1) is 10.3. The van der Waals surface area contributed by atoms with Crippen LogP contribution in [-0.4, -0.2) is 11.1 Å². The Morgan fingerprint density at radius 3 is 2.58 bits per heavy atom. The highest BCUT2D eigenvalue weighted by Crippen LogP contribution is 2.28. The minimum atomic E-state index is -0.970. The number of hydrogen-bond acceptors (Lipinski definition) is 1. The van der Waals surface area contributed by atoms with E-state index in [2.05, 4.69) is 15.9 Å². The van der Waals surface area contributed by atoms with Crippen LogP contribution in [0, 0.1) is 3.57 Å². The second kappa shape index (κ2) is 3.93. The van der Waals surface area contributed by atoms with E-state index in [-0.39, 0.29) is 5.56 Å². The van der Waals surface area contributed by atoms with Gasteiger partial charge in [-0.15, -0.1) is 0 Å². The van der Waals surface area contributed by atoms with Crippen LogP contribution in [0.25, 0.3) is 0 Å². The maximum Gasteiger partial charge on any atom is 0.335 e. The zero-order chi connectivity index (χ0) is 9.30. The van der Waals surface area contributed by atoms with Gasteiger partial charge in [-0.05, 0) is 50.7 Å². The summed E-state index contributed by atoms with van der Waals surface area (Å²) in [5.41, 5.74) is 0.201. The summed E-state index contributed by atoms with van der Waals surface area (Å²) in [4.78, 5) is 10.5. The molecule has 0 unspecified atom stereocenters. The molecule has 0 radical (unpaired) electrons. The SMILES string of the molecule is O=C(O)c1cc(Cl)c(Br)c(I)c1. The average molecular weight is 361 g/mol. The molecule has 1 N–H and O–H groups in total. The molecule has 0 amide bonds. The number of benzene rings is 1. The Balaban J connectivity index is 3.31. The van der Waals surface area contributed by atoms with E-state index < -0.39 is 5.97 Å². The lowest BCUT2D eigenvalue weighted by Gasteiger charge is -2.00. The summed E-state index contributed by atoms with van der Waals surface area (Å²) in [6.07, 6.45) is 0. The van der Waals surface area contributed by atoms with E-state index in [9.17, 15) is 4.79 Å². The van der Waals surface area contributed by atoms with Crippen molar-refractivity contribution < 1.29 is 9.90 Å². The lowest BCUT2D eigenvalue weighted by molar-refractivity contribution is 0.0697. The van der Waals surface area contributed by atoms with Gasteiger partial charge in [0.2, 0.25) is 0 Å². The summed E-state index contributed by atoms with van der Waals surface area (Å²) < 4.78 is 1.52. The molecule has 5 heteroatoms. The summed E-state index contributed by atoms with van der Waals surface area (Å²) in [5.74, 6) is -0.970. The Labute approximate surface area is 96.2 Å². The van der Waals surface area contributed by atoms with Gasteiger partial charge >= 0.3 is 5.97 Å². The first-order valence-electron chi connectivity index (χ1n) is 2.90. The van der Waals surface area contributed by atoms with Gasteiger partial charge in [0.1, 0.15) is 0 Å². The van der Waals surface area contributed by atoms with E-state index in [0.29, 0.717) is 5.02 Å². The topological polar surface area (TPSA) is 37.3 Å². The molecule has 0 aromatic heterocycles. The Bertz CT molecular complexity index is 317. The minimum absolute atomic E-state index is 0.201. The first-order valence-corrected chi connectivity index (χ1v) is 5.15. The number of carbonyl (C=O) groups is 1. The monoisotopic (exact) mass is 360 g/mol. The number of carboxylic acids is 1. The maximum atomic E-state index is 10.5. The summed E-state index contributed by atoms with van der Waals surface area (Å²) in [6.45, 7) is 0. The molecule has 0 aliphatic carbocycles. The van der Waals surface area contributed by atoms with Crippen molar-refractivity contribution in [3.63, 3.8) is 0 Å². The molecule has 0 atom stereocenters. The van der Waals surface area contributed by atoms with Crippen molar-refractivity contribution in [3.8, 4) is 0 Å². The van der Waals surface area contributed by atoms with Gasteiger partial charge < -0.3 is 5.11 Å². The van der Waals surface area contributed by atoms with E-state index in [1.54, 1.807) is 6.07 Å². The fourth-order valence-electron chi connectivity index (χ4n) is 0.679.